The molecule has 0 fully saturated rings. The van der Waals surface area contributed by atoms with Crippen molar-refractivity contribution in [3.8, 4) is 5.75 Å². The van der Waals surface area contributed by atoms with E-state index in [9.17, 15) is 4.79 Å². The summed E-state index contributed by atoms with van der Waals surface area (Å²) in [5.41, 5.74) is 7.29. The van der Waals surface area contributed by atoms with Gasteiger partial charge in [0.05, 0.1) is 0 Å². The molecule has 8 nitrogen and oxygen atoms in total. The second-order valence-corrected chi connectivity index (χ2v) is 6.91. The molecule has 2 aromatic carbocycles. The molecule has 1 aromatic heterocycles. The number of nitrogens with zero attached hydrogens (tertiary/aromatic N) is 2. The van der Waals surface area contributed by atoms with E-state index in [1.54, 1.807) is 12.1 Å². The number of amides is 1. The van der Waals surface area contributed by atoms with Crippen LogP contribution in [0, 0.1) is 0 Å². The fraction of sp³-hybridized carbons (Fsp3) is 0.211. The molecule has 0 bridgehead atoms. The molecular weight excluding hydrogens is 417 g/mol. The molecule has 1 amide bonds. The standard InChI is InChI=1S/C19H19Cl2N5O3/c20-14-6-5-13(15(21)9-14)11-28-16-4-2-1-3-12(16)10-23-7-8-24-19(27)17-18(22)26-29-25-17/h1-6,9,23H,7-8,10-11H2,(H2,22,26)(H,24,27). The molecule has 0 radical (unpaired) electrons. The summed E-state index contributed by atoms with van der Waals surface area (Å²) in [6.45, 7) is 1.81. The van der Waals surface area contributed by atoms with E-state index in [0.29, 0.717) is 36.3 Å². The lowest BCUT2D eigenvalue weighted by atomic mass is 10.2. The zero-order valence-electron chi connectivity index (χ0n) is 15.3. The van der Waals surface area contributed by atoms with Crippen molar-refractivity contribution in [3.63, 3.8) is 0 Å². The van der Waals surface area contributed by atoms with Crippen LogP contribution in [0.4, 0.5) is 5.82 Å². The Morgan fingerprint density at radius 3 is 2.69 bits per heavy atom. The molecule has 0 saturated carbocycles. The van der Waals surface area contributed by atoms with Crippen LogP contribution in [0.15, 0.2) is 47.1 Å². The first-order valence-electron chi connectivity index (χ1n) is 8.76. The van der Waals surface area contributed by atoms with Crippen LogP contribution in [0.1, 0.15) is 21.6 Å². The Morgan fingerprint density at radius 1 is 1.10 bits per heavy atom. The van der Waals surface area contributed by atoms with Gasteiger partial charge in [-0.25, -0.2) is 4.63 Å². The number of benzene rings is 2. The molecule has 0 unspecified atom stereocenters. The van der Waals surface area contributed by atoms with Crippen LogP contribution in [0.3, 0.4) is 0 Å². The van der Waals surface area contributed by atoms with E-state index in [-0.39, 0.29) is 11.5 Å². The highest BCUT2D eigenvalue weighted by Crippen LogP contribution is 2.24. The fourth-order valence-corrected chi connectivity index (χ4v) is 2.97. The summed E-state index contributed by atoms with van der Waals surface area (Å²) >= 11 is 12.1. The normalized spacial score (nSPS) is 10.7. The van der Waals surface area contributed by atoms with Crippen molar-refractivity contribution >= 4 is 34.9 Å². The molecule has 4 N–H and O–H groups in total. The molecule has 3 rings (SSSR count). The van der Waals surface area contributed by atoms with Gasteiger partial charge in [0, 0.05) is 40.8 Å². The lowest BCUT2D eigenvalue weighted by Crippen LogP contribution is -2.32. The second-order valence-electron chi connectivity index (χ2n) is 6.06. The summed E-state index contributed by atoms with van der Waals surface area (Å²) in [4.78, 5) is 11.9. The van der Waals surface area contributed by atoms with Gasteiger partial charge < -0.3 is 21.1 Å². The zero-order valence-corrected chi connectivity index (χ0v) is 16.8. The number of carbonyl (C=O) groups is 1. The lowest BCUT2D eigenvalue weighted by Gasteiger charge is -2.13. The minimum absolute atomic E-state index is 0.0235. The molecule has 152 valence electrons. The minimum Gasteiger partial charge on any atom is -0.489 e. The number of nitrogens with two attached hydrogens (primary N) is 1. The first kappa shape index (κ1) is 20.9. The van der Waals surface area contributed by atoms with Crippen LogP contribution in [-0.2, 0) is 13.2 Å². The molecule has 10 heteroatoms. The fourth-order valence-electron chi connectivity index (χ4n) is 2.51. The van der Waals surface area contributed by atoms with E-state index >= 15 is 0 Å². The zero-order chi connectivity index (χ0) is 20.6. The molecule has 0 saturated heterocycles. The quantitative estimate of drug-likeness (QED) is 0.442. The van der Waals surface area contributed by atoms with Gasteiger partial charge in [0.1, 0.15) is 12.4 Å². The highest BCUT2D eigenvalue weighted by atomic mass is 35.5. The Balaban J connectivity index is 1.46. The average Bonchev–Trinajstić information content (AvgIpc) is 3.14. The maximum absolute atomic E-state index is 11.9. The summed E-state index contributed by atoms with van der Waals surface area (Å²) < 4.78 is 10.3. The average molecular weight is 436 g/mol. The number of para-hydroxylation sites is 1. The number of anilines is 1. The Hall–Kier alpha value is -2.81. The van der Waals surface area contributed by atoms with Crippen LogP contribution in [0.5, 0.6) is 5.75 Å². The first-order chi connectivity index (χ1) is 14.0. The van der Waals surface area contributed by atoms with Gasteiger partial charge in [-0.15, -0.1) is 0 Å². The van der Waals surface area contributed by atoms with Crippen molar-refractivity contribution in [2.45, 2.75) is 13.2 Å². The summed E-state index contributed by atoms with van der Waals surface area (Å²) in [5, 5.41) is 13.9. The van der Waals surface area contributed by atoms with Gasteiger partial charge >= 0.3 is 0 Å². The van der Waals surface area contributed by atoms with E-state index < -0.39 is 5.91 Å². The van der Waals surface area contributed by atoms with Gasteiger partial charge in [-0.2, -0.15) is 0 Å². The first-order valence-corrected chi connectivity index (χ1v) is 9.52. The van der Waals surface area contributed by atoms with Gasteiger partial charge in [0.25, 0.3) is 5.91 Å². The molecular formula is C19H19Cl2N5O3. The Labute approximate surface area is 177 Å². The SMILES string of the molecule is Nc1nonc1C(=O)NCCNCc1ccccc1OCc1ccc(Cl)cc1Cl. The van der Waals surface area contributed by atoms with Crippen molar-refractivity contribution in [1.82, 2.24) is 20.9 Å². The molecule has 3 aromatic rings. The third kappa shape index (κ3) is 5.83. The number of aromatic nitrogens is 2. The highest BCUT2D eigenvalue weighted by molar-refractivity contribution is 6.35. The minimum atomic E-state index is -0.436. The summed E-state index contributed by atoms with van der Waals surface area (Å²) in [7, 11) is 0. The predicted molar refractivity (Wildman–Crippen MR) is 110 cm³/mol. The number of hydrogen-bond acceptors (Lipinski definition) is 7. The van der Waals surface area contributed by atoms with Crippen molar-refractivity contribution in [1.29, 1.82) is 0 Å². The Kier molecular flexibility index (Phi) is 7.29. The Bertz CT molecular complexity index is 980. The van der Waals surface area contributed by atoms with Gasteiger partial charge in [-0.3, -0.25) is 4.79 Å². The monoisotopic (exact) mass is 435 g/mol. The van der Waals surface area contributed by atoms with Gasteiger partial charge in [-0.05, 0) is 28.5 Å². The second kappa shape index (κ2) is 10.1. The summed E-state index contributed by atoms with van der Waals surface area (Å²) in [5.74, 6) is 0.271. The maximum atomic E-state index is 11.9. The molecule has 1 heterocycles. The van der Waals surface area contributed by atoms with Crippen molar-refractivity contribution in [2.75, 3.05) is 18.8 Å². The van der Waals surface area contributed by atoms with E-state index in [2.05, 4.69) is 25.6 Å². The van der Waals surface area contributed by atoms with Crippen LogP contribution < -0.4 is 21.1 Å². The number of hydrogen-bond donors (Lipinski definition) is 3. The maximum Gasteiger partial charge on any atom is 0.277 e. The van der Waals surface area contributed by atoms with E-state index in [1.165, 1.54) is 0 Å². The summed E-state index contributed by atoms with van der Waals surface area (Å²) in [6, 6.07) is 13.0. The largest absolute Gasteiger partial charge is 0.489 e. The smallest absolute Gasteiger partial charge is 0.277 e. The molecule has 0 spiro atoms. The van der Waals surface area contributed by atoms with Gasteiger partial charge in [-0.1, -0.05) is 47.5 Å². The molecule has 29 heavy (non-hydrogen) atoms. The van der Waals surface area contributed by atoms with Crippen LogP contribution in [-0.4, -0.2) is 29.3 Å². The van der Waals surface area contributed by atoms with Crippen molar-refractivity contribution in [2.24, 2.45) is 0 Å². The van der Waals surface area contributed by atoms with E-state index in [0.717, 1.165) is 16.9 Å². The number of nitrogens with one attached hydrogen (secondary N) is 2. The summed E-state index contributed by atoms with van der Waals surface area (Å²) in [6.07, 6.45) is 0. The van der Waals surface area contributed by atoms with Gasteiger partial charge in [0.2, 0.25) is 11.5 Å². The number of carbonyl (C=O) groups excluding carboxylic acids is 1. The molecule has 0 atom stereocenters. The van der Waals surface area contributed by atoms with Crippen LogP contribution in [0.2, 0.25) is 10.0 Å². The molecule has 0 aliphatic heterocycles. The van der Waals surface area contributed by atoms with Gasteiger partial charge in [0.15, 0.2) is 0 Å². The third-order valence-corrected chi connectivity index (χ3v) is 4.59. The van der Waals surface area contributed by atoms with Crippen molar-refractivity contribution in [3.05, 3.63) is 69.3 Å². The van der Waals surface area contributed by atoms with Crippen LogP contribution in [0.25, 0.3) is 0 Å². The van der Waals surface area contributed by atoms with Crippen LogP contribution >= 0.6 is 23.2 Å². The molecule has 0 aliphatic carbocycles. The lowest BCUT2D eigenvalue weighted by molar-refractivity contribution is 0.0944. The number of ether oxygens (including phenoxy) is 1. The van der Waals surface area contributed by atoms with E-state index in [1.807, 2.05) is 30.3 Å². The van der Waals surface area contributed by atoms with E-state index in [4.69, 9.17) is 33.7 Å². The number of rotatable bonds is 9. The topological polar surface area (TPSA) is 115 Å². The predicted octanol–water partition coefficient (Wildman–Crippen LogP) is 3.06. The number of halogens is 2. The Morgan fingerprint density at radius 2 is 1.93 bits per heavy atom. The number of nitrogen functional groups attached to an aromatic ring is 1. The van der Waals surface area contributed by atoms with Crippen molar-refractivity contribution < 1.29 is 14.2 Å². The molecule has 0 aliphatic rings. The highest BCUT2D eigenvalue weighted by Gasteiger charge is 2.15. The third-order valence-electron chi connectivity index (χ3n) is 4.00.